The van der Waals surface area contributed by atoms with Crippen molar-refractivity contribution in [2.75, 3.05) is 16.9 Å². The van der Waals surface area contributed by atoms with Gasteiger partial charge in [0.25, 0.3) is 5.69 Å². The number of hydrazone groups is 1. The zero-order chi connectivity index (χ0) is 19.2. The molecule has 0 fully saturated rings. The van der Waals surface area contributed by atoms with Crippen LogP contribution in [-0.2, 0) is 9.84 Å². The second kappa shape index (κ2) is 8.52. The number of nitro benzene ring substituents is 2. The lowest BCUT2D eigenvalue weighted by Crippen LogP contribution is -2.20. The molecule has 1 heterocycles. The van der Waals surface area contributed by atoms with E-state index in [1.807, 2.05) is 6.08 Å². The van der Waals surface area contributed by atoms with Crippen LogP contribution in [-0.4, -0.2) is 35.5 Å². The maximum absolute atomic E-state index is 12.1. The van der Waals surface area contributed by atoms with Crippen molar-refractivity contribution < 1.29 is 18.3 Å². The van der Waals surface area contributed by atoms with Gasteiger partial charge < -0.3 is 0 Å². The Bertz CT molecular complexity index is 863. The normalized spacial score (nSPS) is 20.2. The summed E-state index contributed by atoms with van der Waals surface area (Å²) in [5.74, 6) is -0.325. The lowest BCUT2D eigenvalue weighted by atomic mass is 10.1. The molecule has 0 spiro atoms. The van der Waals surface area contributed by atoms with Crippen LogP contribution in [0.1, 0.15) is 25.7 Å². The number of nitrogens with one attached hydrogen (secondary N) is 1. The van der Waals surface area contributed by atoms with Crippen molar-refractivity contribution in [1.82, 2.24) is 0 Å². The summed E-state index contributed by atoms with van der Waals surface area (Å²) >= 11 is 0. The van der Waals surface area contributed by atoms with Gasteiger partial charge in [0.15, 0.2) is 9.84 Å². The SMILES string of the molecule is O=[N+]([O-])c1ccc(N/N=C2/CCCC/C=C\CS(=O)(=O)C2)c([N+](=O)[O-])c1. The van der Waals surface area contributed by atoms with Crippen molar-refractivity contribution >= 4 is 32.6 Å². The highest BCUT2D eigenvalue weighted by Crippen LogP contribution is 2.29. The Morgan fingerprint density at radius 2 is 1.85 bits per heavy atom. The van der Waals surface area contributed by atoms with E-state index >= 15 is 0 Å². The van der Waals surface area contributed by atoms with E-state index in [0.29, 0.717) is 12.1 Å². The van der Waals surface area contributed by atoms with E-state index in [0.717, 1.165) is 31.4 Å². The molecule has 0 bridgehead atoms. The van der Waals surface area contributed by atoms with E-state index in [1.165, 1.54) is 6.07 Å². The summed E-state index contributed by atoms with van der Waals surface area (Å²) in [5, 5.41) is 25.9. The second-order valence-corrected chi connectivity index (χ2v) is 7.89. The number of allylic oxidation sites excluding steroid dienone is 1. The first kappa shape index (κ1) is 19.5. The van der Waals surface area contributed by atoms with Gasteiger partial charge in [-0.25, -0.2) is 8.42 Å². The number of sulfone groups is 1. The van der Waals surface area contributed by atoms with E-state index in [9.17, 15) is 28.6 Å². The summed E-state index contributed by atoms with van der Waals surface area (Å²) < 4.78 is 24.1. The molecule has 1 N–H and O–H groups in total. The van der Waals surface area contributed by atoms with Gasteiger partial charge in [0, 0.05) is 6.07 Å². The number of non-ortho nitro benzene ring substituents is 1. The molecule has 0 atom stereocenters. The lowest BCUT2D eigenvalue weighted by molar-refractivity contribution is -0.393. The van der Waals surface area contributed by atoms with Gasteiger partial charge in [-0.3, -0.25) is 25.7 Å². The summed E-state index contributed by atoms with van der Waals surface area (Å²) in [6, 6.07) is 3.12. The minimum Gasteiger partial charge on any atom is -0.272 e. The van der Waals surface area contributed by atoms with Crippen molar-refractivity contribution in [3.8, 4) is 0 Å². The molecule has 1 aliphatic rings. The van der Waals surface area contributed by atoms with E-state index in [1.54, 1.807) is 6.08 Å². The molecular weight excluding hydrogens is 364 g/mol. The third-order valence-corrected chi connectivity index (χ3v) is 5.19. The van der Waals surface area contributed by atoms with Gasteiger partial charge in [0.2, 0.25) is 0 Å². The maximum atomic E-state index is 12.1. The van der Waals surface area contributed by atoms with Crippen molar-refractivity contribution in [3.63, 3.8) is 0 Å². The predicted molar refractivity (Wildman–Crippen MR) is 97.1 cm³/mol. The average Bonchev–Trinajstić information content (AvgIpc) is 2.57. The number of benzene rings is 1. The molecule has 0 unspecified atom stereocenters. The molecule has 1 aromatic rings. The molecule has 140 valence electrons. The molecule has 0 aromatic heterocycles. The first-order valence-electron chi connectivity index (χ1n) is 7.88. The standard InChI is InChI=1S/C15H18N4O6S/c20-18(21)13-7-8-14(15(10-13)19(22)23)17-16-12-6-4-2-1-3-5-9-26(24,25)11-12/h3,5,7-8,10,17H,1-2,4,6,9,11H2/b5-3-,16-12-. The summed E-state index contributed by atoms with van der Waals surface area (Å²) in [5.41, 5.74) is 1.90. The quantitative estimate of drug-likeness (QED) is 0.478. The van der Waals surface area contributed by atoms with Crippen LogP contribution in [0.5, 0.6) is 0 Å². The lowest BCUT2D eigenvalue weighted by Gasteiger charge is -2.09. The molecule has 1 aromatic carbocycles. The number of hydrogen-bond donors (Lipinski definition) is 1. The second-order valence-electron chi connectivity index (χ2n) is 5.78. The molecule has 2 rings (SSSR count). The zero-order valence-electron chi connectivity index (χ0n) is 13.8. The number of nitrogens with zero attached hydrogens (tertiary/aromatic N) is 3. The number of anilines is 1. The topological polar surface area (TPSA) is 145 Å². The predicted octanol–water partition coefficient (Wildman–Crippen LogP) is 2.82. The van der Waals surface area contributed by atoms with Crippen LogP contribution in [0.3, 0.4) is 0 Å². The van der Waals surface area contributed by atoms with Crippen LogP contribution < -0.4 is 5.43 Å². The number of rotatable bonds is 4. The molecule has 0 saturated heterocycles. The molecule has 0 radical (unpaired) electrons. The summed E-state index contributed by atoms with van der Waals surface area (Å²) in [6.07, 6.45) is 6.31. The monoisotopic (exact) mass is 382 g/mol. The van der Waals surface area contributed by atoms with Gasteiger partial charge in [0.1, 0.15) is 5.69 Å². The van der Waals surface area contributed by atoms with Gasteiger partial charge in [0.05, 0.1) is 33.1 Å². The van der Waals surface area contributed by atoms with Crippen molar-refractivity contribution in [2.45, 2.75) is 25.7 Å². The first-order chi connectivity index (χ1) is 12.3. The van der Waals surface area contributed by atoms with Crippen molar-refractivity contribution in [3.05, 3.63) is 50.6 Å². The molecule has 0 aliphatic carbocycles. The Balaban J connectivity index is 2.27. The molecular formula is C15H18N4O6S. The van der Waals surface area contributed by atoms with Crippen LogP contribution in [0.2, 0.25) is 0 Å². The van der Waals surface area contributed by atoms with E-state index in [-0.39, 0.29) is 17.2 Å². The summed E-state index contributed by atoms with van der Waals surface area (Å²) in [4.78, 5) is 20.4. The van der Waals surface area contributed by atoms with Crippen LogP contribution in [0.4, 0.5) is 17.1 Å². The summed E-state index contributed by atoms with van der Waals surface area (Å²) in [6.45, 7) is 0. The van der Waals surface area contributed by atoms with Crippen molar-refractivity contribution in [2.24, 2.45) is 5.10 Å². The molecule has 0 amide bonds. The van der Waals surface area contributed by atoms with Crippen molar-refractivity contribution in [1.29, 1.82) is 0 Å². The average molecular weight is 382 g/mol. The highest BCUT2D eigenvalue weighted by atomic mass is 32.2. The van der Waals surface area contributed by atoms with Crippen LogP contribution >= 0.6 is 0 Å². The maximum Gasteiger partial charge on any atom is 0.301 e. The smallest absolute Gasteiger partial charge is 0.272 e. The van der Waals surface area contributed by atoms with Gasteiger partial charge in [-0.15, -0.1) is 0 Å². The molecule has 11 heteroatoms. The molecule has 26 heavy (non-hydrogen) atoms. The molecule has 0 saturated carbocycles. The first-order valence-corrected chi connectivity index (χ1v) is 9.70. The van der Waals surface area contributed by atoms with E-state index < -0.39 is 31.1 Å². The van der Waals surface area contributed by atoms with Crippen LogP contribution in [0.15, 0.2) is 35.5 Å². The summed E-state index contributed by atoms with van der Waals surface area (Å²) in [7, 11) is -3.36. The molecule has 10 nitrogen and oxygen atoms in total. The van der Waals surface area contributed by atoms with Gasteiger partial charge in [-0.05, 0) is 31.7 Å². The Morgan fingerprint density at radius 1 is 1.08 bits per heavy atom. The Hall–Kier alpha value is -2.82. The minimum absolute atomic E-state index is 0.0394. The highest BCUT2D eigenvalue weighted by molar-refractivity contribution is 7.92. The van der Waals surface area contributed by atoms with Gasteiger partial charge in [-0.2, -0.15) is 5.10 Å². The highest BCUT2D eigenvalue weighted by Gasteiger charge is 2.20. The van der Waals surface area contributed by atoms with Gasteiger partial charge in [-0.1, -0.05) is 12.2 Å². The zero-order valence-corrected chi connectivity index (χ0v) is 14.6. The fourth-order valence-electron chi connectivity index (χ4n) is 2.42. The molecule has 1 aliphatic heterocycles. The third-order valence-electron chi connectivity index (χ3n) is 3.71. The fourth-order valence-corrected chi connectivity index (χ4v) is 3.68. The van der Waals surface area contributed by atoms with E-state index in [4.69, 9.17) is 0 Å². The van der Waals surface area contributed by atoms with Crippen LogP contribution in [0, 0.1) is 20.2 Å². The Labute approximate surface area is 149 Å². The minimum atomic E-state index is -3.36. The largest absolute Gasteiger partial charge is 0.301 e. The third kappa shape index (κ3) is 5.62. The van der Waals surface area contributed by atoms with E-state index in [2.05, 4.69) is 10.5 Å². The Morgan fingerprint density at radius 3 is 2.54 bits per heavy atom. The van der Waals surface area contributed by atoms with Gasteiger partial charge >= 0.3 is 5.69 Å². The fraction of sp³-hybridized carbons (Fsp3) is 0.400. The van der Waals surface area contributed by atoms with Crippen LogP contribution in [0.25, 0.3) is 0 Å². The Kier molecular flexibility index (Phi) is 6.39. The number of nitro groups is 2. The number of hydrogen-bond acceptors (Lipinski definition) is 8.